The minimum absolute atomic E-state index is 0.0386. The molecule has 0 unspecified atom stereocenters. The highest BCUT2D eigenvalue weighted by Crippen LogP contribution is 2.29. The van der Waals surface area contributed by atoms with Crippen LogP contribution in [0.1, 0.15) is 11.1 Å². The van der Waals surface area contributed by atoms with Crippen LogP contribution in [-0.4, -0.2) is 15.5 Å². The first-order valence-corrected chi connectivity index (χ1v) is 7.59. The zero-order chi connectivity index (χ0) is 15.6. The van der Waals surface area contributed by atoms with Crippen LogP contribution in [0, 0.1) is 19.7 Å². The highest BCUT2D eigenvalue weighted by atomic mass is 32.2. The molecule has 6 heteroatoms. The lowest BCUT2D eigenvalue weighted by molar-refractivity contribution is 0.397. The SMILES string of the molecule is COc1cc(C)c(C)cc1S(=O)(=O)Oc1ccc(F)cc1. The van der Waals surface area contributed by atoms with Gasteiger partial charge in [0.15, 0.2) is 0 Å². The van der Waals surface area contributed by atoms with Gasteiger partial charge >= 0.3 is 10.1 Å². The smallest absolute Gasteiger partial charge is 0.342 e. The van der Waals surface area contributed by atoms with Crippen molar-refractivity contribution in [3.63, 3.8) is 0 Å². The predicted octanol–water partition coefficient (Wildman–Crippen LogP) is 3.22. The van der Waals surface area contributed by atoms with E-state index in [4.69, 9.17) is 8.92 Å². The quantitative estimate of drug-likeness (QED) is 0.814. The summed E-state index contributed by atoms with van der Waals surface area (Å²) in [6.45, 7) is 3.65. The largest absolute Gasteiger partial charge is 0.495 e. The summed E-state index contributed by atoms with van der Waals surface area (Å²) >= 11 is 0. The molecule has 0 aliphatic rings. The standard InChI is InChI=1S/C15H15FO4S/c1-10-8-14(19-3)15(9-11(10)2)21(17,18)20-13-6-4-12(16)5-7-13/h4-9H,1-3H3. The van der Waals surface area contributed by atoms with E-state index in [0.29, 0.717) is 0 Å². The number of methoxy groups -OCH3 is 1. The zero-order valence-corrected chi connectivity index (χ0v) is 12.7. The molecule has 21 heavy (non-hydrogen) atoms. The van der Waals surface area contributed by atoms with E-state index in [1.165, 1.54) is 25.3 Å². The first-order valence-electron chi connectivity index (χ1n) is 6.19. The lowest BCUT2D eigenvalue weighted by Gasteiger charge is -2.13. The fraction of sp³-hybridized carbons (Fsp3) is 0.200. The van der Waals surface area contributed by atoms with Gasteiger partial charge in [-0.05, 0) is 61.4 Å². The van der Waals surface area contributed by atoms with E-state index in [1.54, 1.807) is 13.0 Å². The summed E-state index contributed by atoms with van der Waals surface area (Å²) in [6.07, 6.45) is 0. The predicted molar refractivity (Wildman–Crippen MR) is 76.7 cm³/mol. The molecule has 112 valence electrons. The second kappa shape index (κ2) is 5.73. The van der Waals surface area contributed by atoms with Crippen LogP contribution in [-0.2, 0) is 10.1 Å². The molecule has 0 N–H and O–H groups in total. The number of aryl methyl sites for hydroxylation is 2. The molecular weight excluding hydrogens is 295 g/mol. The normalized spacial score (nSPS) is 11.2. The maximum atomic E-state index is 12.8. The summed E-state index contributed by atoms with van der Waals surface area (Å²) in [4.78, 5) is -0.0579. The topological polar surface area (TPSA) is 52.6 Å². The van der Waals surface area contributed by atoms with Gasteiger partial charge in [0.2, 0.25) is 0 Å². The van der Waals surface area contributed by atoms with Gasteiger partial charge in [-0.25, -0.2) is 4.39 Å². The Balaban J connectivity index is 2.44. The van der Waals surface area contributed by atoms with E-state index in [-0.39, 0.29) is 16.4 Å². The first kappa shape index (κ1) is 15.3. The molecule has 2 aromatic carbocycles. The van der Waals surface area contributed by atoms with E-state index < -0.39 is 15.9 Å². The highest BCUT2D eigenvalue weighted by Gasteiger charge is 2.23. The highest BCUT2D eigenvalue weighted by molar-refractivity contribution is 7.87. The Bertz CT molecular complexity index is 752. The molecule has 0 aliphatic heterocycles. The van der Waals surface area contributed by atoms with E-state index in [2.05, 4.69) is 0 Å². The van der Waals surface area contributed by atoms with Crippen molar-refractivity contribution in [2.45, 2.75) is 18.7 Å². The molecule has 0 fully saturated rings. The average molecular weight is 310 g/mol. The lowest BCUT2D eigenvalue weighted by atomic mass is 10.1. The van der Waals surface area contributed by atoms with Crippen molar-refractivity contribution in [2.24, 2.45) is 0 Å². The van der Waals surface area contributed by atoms with Crippen molar-refractivity contribution < 1.29 is 21.7 Å². The van der Waals surface area contributed by atoms with Gasteiger partial charge in [0.05, 0.1) is 7.11 Å². The maximum Gasteiger partial charge on any atom is 0.342 e. The van der Waals surface area contributed by atoms with Crippen LogP contribution < -0.4 is 8.92 Å². The molecule has 0 atom stereocenters. The van der Waals surface area contributed by atoms with Gasteiger partial charge < -0.3 is 8.92 Å². The Kier molecular flexibility index (Phi) is 4.18. The van der Waals surface area contributed by atoms with Crippen molar-refractivity contribution >= 4 is 10.1 Å². The van der Waals surface area contributed by atoms with Crippen LogP contribution in [0.3, 0.4) is 0 Å². The number of ether oxygens (including phenoxy) is 1. The molecule has 0 saturated heterocycles. The molecule has 2 rings (SSSR count). The van der Waals surface area contributed by atoms with Gasteiger partial charge in [0.25, 0.3) is 0 Å². The Morgan fingerprint density at radius 3 is 2.14 bits per heavy atom. The van der Waals surface area contributed by atoms with Gasteiger partial charge in [-0.2, -0.15) is 8.42 Å². The average Bonchev–Trinajstić information content (AvgIpc) is 2.43. The van der Waals surface area contributed by atoms with Crippen LogP contribution in [0.15, 0.2) is 41.3 Å². The molecule has 0 amide bonds. The van der Waals surface area contributed by atoms with E-state index in [1.807, 2.05) is 6.92 Å². The van der Waals surface area contributed by atoms with Gasteiger partial charge in [-0.15, -0.1) is 0 Å². The molecule has 0 radical (unpaired) electrons. The van der Waals surface area contributed by atoms with Crippen LogP contribution in [0.4, 0.5) is 4.39 Å². The van der Waals surface area contributed by atoms with Crippen molar-refractivity contribution in [3.8, 4) is 11.5 Å². The van der Waals surface area contributed by atoms with Gasteiger partial charge in [0, 0.05) is 0 Å². The third-order valence-electron chi connectivity index (χ3n) is 3.07. The minimum atomic E-state index is -4.06. The number of rotatable bonds is 4. The number of benzene rings is 2. The van der Waals surface area contributed by atoms with E-state index >= 15 is 0 Å². The van der Waals surface area contributed by atoms with E-state index in [0.717, 1.165) is 23.3 Å². The van der Waals surface area contributed by atoms with Gasteiger partial charge in [-0.3, -0.25) is 0 Å². The molecular formula is C15H15FO4S. The van der Waals surface area contributed by atoms with Gasteiger partial charge in [-0.1, -0.05) is 0 Å². The maximum absolute atomic E-state index is 12.8. The van der Waals surface area contributed by atoms with Gasteiger partial charge in [0.1, 0.15) is 22.2 Å². The Labute approximate surface area is 123 Å². The minimum Gasteiger partial charge on any atom is -0.495 e. The molecule has 0 heterocycles. The Morgan fingerprint density at radius 2 is 1.57 bits per heavy atom. The fourth-order valence-electron chi connectivity index (χ4n) is 1.78. The van der Waals surface area contributed by atoms with E-state index in [9.17, 15) is 12.8 Å². The molecule has 0 saturated carbocycles. The summed E-state index contributed by atoms with van der Waals surface area (Å²) in [5.74, 6) is -0.222. The molecule has 0 bridgehead atoms. The molecule has 0 aliphatic carbocycles. The summed E-state index contributed by atoms with van der Waals surface area (Å²) < 4.78 is 47.6. The summed E-state index contributed by atoms with van der Waals surface area (Å²) in [5.41, 5.74) is 1.71. The molecule has 0 aromatic heterocycles. The fourth-order valence-corrected chi connectivity index (χ4v) is 2.94. The zero-order valence-electron chi connectivity index (χ0n) is 11.9. The summed E-state index contributed by atoms with van der Waals surface area (Å²) in [7, 11) is -2.67. The Morgan fingerprint density at radius 1 is 1.00 bits per heavy atom. The first-order chi connectivity index (χ1) is 9.83. The second-order valence-electron chi connectivity index (χ2n) is 4.58. The molecule has 0 spiro atoms. The summed E-state index contributed by atoms with van der Waals surface area (Å²) in [5, 5.41) is 0. The van der Waals surface area contributed by atoms with Crippen molar-refractivity contribution in [2.75, 3.05) is 7.11 Å². The lowest BCUT2D eigenvalue weighted by Crippen LogP contribution is -2.12. The number of halogens is 1. The van der Waals surface area contributed by atoms with Crippen LogP contribution in [0.25, 0.3) is 0 Å². The van der Waals surface area contributed by atoms with Crippen molar-refractivity contribution in [1.29, 1.82) is 0 Å². The Hall–Kier alpha value is -2.08. The number of hydrogen-bond acceptors (Lipinski definition) is 4. The molecule has 4 nitrogen and oxygen atoms in total. The van der Waals surface area contributed by atoms with Crippen molar-refractivity contribution in [3.05, 3.63) is 53.3 Å². The van der Waals surface area contributed by atoms with Crippen molar-refractivity contribution in [1.82, 2.24) is 0 Å². The monoisotopic (exact) mass is 310 g/mol. The third-order valence-corrected chi connectivity index (χ3v) is 4.34. The second-order valence-corrected chi connectivity index (χ2v) is 6.09. The summed E-state index contributed by atoms with van der Waals surface area (Å²) in [6, 6.07) is 7.88. The number of hydrogen-bond donors (Lipinski definition) is 0. The van der Waals surface area contributed by atoms with Crippen LogP contribution in [0.2, 0.25) is 0 Å². The molecule has 2 aromatic rings. The third kappa shape index (κ3) is 3.33. The van der Waals surface area contributed by atoms with Crippen LogP contribution >= 0.6 is 0 Å². The van der Waals surface area contributed by atoms with Crippen LogP contribution in [0.5, 0.6) is 11.5 Å².